The lowest BCUT2D eigenvalue weighted by atomic mass is 10.1. The zero-order valence-corrected chi connectivity index (χ0v) is 12.7. The first kappa shape index (κ1) is 13.5. The molecular formula is C15H17N3O3. The molecule has 0 radical (unpaired) electrons. The second kappa shape index (κ2) is 4.80. The van der Waals surface area contributed by atoms with Crippen molar-refractivity contribution in [2.45, 2.75) is 13.8 Å². The number of rotatable bonds is 3. The van der Waals surface area contributed by atoms with Crippen LogP contribution in [0.3, 0.4) is 0 Å². The highest BCUT2D eigenvalue weighted by molar-refractivity contribution is 5.95. The summed E-state index contributed by atoms with van der Waals surface area (Å²) >= 11 is 0. The molecule has 0 saturated heterocycles. The van der Waals surface area contributed by atoms with Gasteiger partial charge in [0.15, 0.2) is 17.1 Å². The molecule has 0 amide bonds. The number of aryl methyl sites for hydroxylation is 2. The summed E-state index contributed by atoms with van der Waals surface area (Å²) in [7, 11) is 4.83. The van der Waals surface area contributed by atoms with Crippen LogP contribution in [0.4, 0.5) is 0 Å². The monoisotopic (exact) mass is 287 g/mol. The fourth-order valence-corrected chi connectivity index (χ4v) is 2.74. The molecule has 0 aliphatic heterocycles. The number of nitrogens with zero attached hydrogens (tertiary/aromatic N) is 3. The number of benzene rings is 1. The molecule has 0 unspecified atom stereocenters. The van der Waals surface area contributed by atoms with E-state index >= 15 is 0 Å². The Labute approximate surface area is 122 Å². The van der Waals surface area contributed by atoms with Gasteiger partial charge in [-0.3, -0.25) is 4.40 Å². The first-order chi connectivity index (χ1) is 10.1. The Balaban J connectivity index is 2.60. The van der Waals surface area contributed by atoms with E-state index in [1.165, 1.54) is 0 Å². The molecule has 3 aromatic rings. The molecule has 0 spiro atoms. The van der Waals surface area contributed by atoms with Crippen molar-refractivity contribution in [1.82, 2.24) is 14.6 Å². The maximum Gasteiger partial charge on any atom is 0.204 e. The Morgan fingerprint density at radius 3 is 2.24 bits per heavy atom. The van der Waals surface area contributed by atoms with Gasteiger partial charge in [-0.25, -0.2) is 0 Å². The smallest absolute Gasteiger partial charge is 0.204 e. The third kappa shape index (κ3) is 1.79. The molecule has 0 atom stereocenters. The molecule has 2 aromatic heterocycles. The van der Waals surface area contributed by atoms with Crippen LogP contribution in [-0.4, -0.2) is 35.9 Å². The van der Waals surface area contributed by atoms with E-state index in [0.29, 0.717) is 17.2 Å². The predicted octanol–water partition coefficient (Wildman–Crippen LogP) is 2.53. The first-order valence-corrected chi connectivity index (χ1v) is 6.56. The van der Waals surface area contributed by atoms with Gasteiger partial charge in [-0.2, -0.15) is 0 Å². The quantitative estimate of drug-likeness (QED) is 0.741. The van der Waals surface area contributed by atoms with Crippen molar-refractivity contribution >= 4 is 16.6 Å². The van der Waals surface area contributed by atoms with E-state index in [9.17, 15) is 0 Å². The molecular weight excluding hydrogens is 270 g/mol. The third-order valence-corrected chi connectivity index (χ3v) is 3.64. The van der Waals surface area contributed by atoms with Crippen LogP contribution in [0.1, 0.15) is 11.4 Å². The molecule has 0 aliphatic rings. The second-order valence-corrected chi connectivity index (χ2v) is 4.81. The van der Waals surface area contributed by atoms with Crippen molar-refractivity contribution in [2.24, 2.45) is 0 Å². The normalized spacial score (nSPS) is 11.1. The minimum absolute atomic E-state index is 0.584. The number of fused-ring (bicyclic) bond motifs is 3. The highest BCUT2D eigenvalue weighted by Crippen LogP contribution is 2.44. The van der Waals surface area contributed by atoms with Crippen LogP contribution in [-0.2, 0) is 0 Å². The molecule has 6 heteroatoms. The third-order valence-electron chi connectivity index (χ3n) is 3.64. The van der Waals surface area contributed by atoms with Crippen LogP contribution in [0, 0.1) is 13.8 Å². The molecule has 0 saturated carbocycles. The van der Waals surface area contributed by atoms with E-state index in [0.717, 1.165) is 27.9 Å². The molecule has 6 nitrogen and oxygen atoms in total. The van der Waals surface area contributed by atoms with Crippen LogP contribution in [0.25, 0.3) is 16.6 Å². The van der Waals surface area contributed by atoms with Gasteiger partial charge in [-0.15, -0.1) is 10.2 Å². The van der Waals surface area contributed by atoms with Crippen LogP contribution >= 0.6 is 0 Å². The average Bonchev–Trinajstić information content (AvgIpc) is 2.86. The summed E-state index contributed by atoms with van der Waals surface area (Å²) in [5.74, 6) is 2.66. The molecule has 110 valence electrons. The Bertz CT molecular complexity index is 839. The highest BCUT2D eigenvalue weighted by Gasteiger charge is 2.20. The minimum Gasteiger partial charge on any atom is -0.493 e. The molecule has 21 heavy (non-hydrogen) atoms. The van der Waals surface area contributed by atoms with Gasteiger partial charge in [0.2, 0.25) is 5.75 Å². The van der Waals surface area contributed by atoms with Gasteiger partial charge in [-0.1, -0.05) is 0 Å². The van der Waals surface area contributed by atoms with Crippen LogP contribution in [0.2, 0.25) is 0 Å². The first-order valence-electron chi connectivity index (χ1n) is 6.56. The molecule has 0 aliphatic carbocycles. The fraction of sp³-hybridized carbons (Fsp3) is 0.333. The van der Waals surface area contributed by atoms with Crippen molar-refractivity contribution in [2.75, 3.05) is 21.3 Å². The molecule has 3 rings (SSSR count). The number of aromatic nitrogens is 3. The summed E-state index contributed by atoms with van der Waals surface area (Å²) in [4.78, 5) is 0. The number of hydrogen-bond donors (Lipinski definition) is 0. The lowest BCUT2D eigenvalue weighted by Gasteiger charge is -2.17. The van der Waals surface area contributed by atoms with E-state index in [4.69, 9.17) is 14.2 Å². The van der Waals surface area contributed by atoms with E-state index in [1.807, 2.05) is 30.4 Å². The van der Waals surface area contributed by atoms with Crippen molar-refractivity contribution in [1.29, 1.82) is 0 Å². The van der Waals surface area contributed by atoms with Crippen LogP contribution < -0.4 is 14.2 Å². The maximum atomic E-state index is 5.58. The number of hydrogen-bond acceptors (Lipinski definition) is 5. The van der Waals surface area contributed by atoms with Crippen molar-refractivity contribution in [3.8, 4) is 17.2 Å². The van der Waals surface area contributed by atoms with Gasteiger partial charge < -0.3 is 14.2 Å². The van der Waals surface area contributed by atoms with Crippen molar-refractivity contribution in [3.05, 3.63) is 23.5 Å². The minimum atomic E-state index is 0.584. The summed E-state index contributed by atoms with van der Waals surface area (Å²) < 4.78 is 18.4. The summed E-state index contributed by atoms with van der Waals surface area (Å²) in [5, 5.41) is 9.29. The van der Waals surface area contributed by atoms with E-state index in [1.54, 1.807) is 21.3 Å². The maximum absolute atomic E-state index is 5.58. The van der Waals surface area contributed by atoms with Crippen LogP contribution in [0.15, 0.2) is 12.1 Å². The number of ether oxygens (including phenoxy) is 3. The molecule has 1 aromatic carbocycles. The molecule has 0 bridgehead atoms. The average molecular weight is 287 g/mol. The standard InChI is InChI=1S/C15H17N3O3/c1-8-6-12-17-16-9(2)18(12)10-7-11(19-3)14(20-4)15(21-5)13(8)10/h6-7H,1-5H3. The SMILES string of the molecule is COc1cc2c(c(C)cc3nnc(C)n32)c(OC)c1OC. The molecule has 0 N–H and O–H groups in total. The summed E-state index contributed by atoms with van der Waals surface area (Å²) in [6.45, 7) is 3.93. The van der Waals surface area contributed by atoms with Gasteiger partial charge in [0.25, 0.3) is 0 Å². The largest absolute Gasteiger partial charge is 0.493 e. The van der Waals surface area contributed by atoms with E-state index < -0.39 is 0 Å². The lowest BCUT2D eigenvalue weighted by Crippen LogP contribution is -2.00. The van der Waals surface area contributed by atoms with Gasteiger partial charge in [0.05, 0.1) is 26.8 Å². The Morgan fingerprint density at radius 1 is 0.905 bits per heavy atom. The topological polar surface area (TPSA) is 57.9 Å². The zero-order chi connectivity index (χ0) is 15.1. The van der Waals surface area contributed by atoms with E-state index in [-0.39, 0.29) is 0 Å². The second-order valence-electron chi connectivity index (χ2n) is 4.81. The predicted molar refractivity (Wildman–Crippen MR) is 79.6 cm³/mol. The lowest BCUT2D eigenvalue weighted by molar-refractivity contribution is 0.327. The Hall–Kier alpha value is -2.50. The molecule has 2 heterocycles. The summed E-state index contributed by atoms with van der Waals surface area (Å²) in [6, 6.07) is 3.91. The fourth-order valence-electron chi connectivity index (χ4n) is 2.74. The van der Waals surface area contributed by atoms with Crippen molar-refractivity contribution < 1.29 is 14.2 Å². The number of methoxy groups -OCH3 is 3. The summed E-state index contributed by atoms with van der Waals surface area (Å²) in [5.41, 5.74) is 2.77. The van der Waals surface area contributed by atoms with Crippen molar-refractivity contribution in [3.63, 3.8) is 0 Å². The van der Waals surface area contributed by atoms with Gasteiger partial charge >= 0.3 is 0 Å². The van der Waals surface area contributed by atoms with Gasteiger partial charge in [0, 0.05) is 11.5 Å². The van der Waals surface area contributed by atoms with E-state index in [2.05, 4.69) is 10.2 Å². The Morgan fingerprint density at radius 2 is 1.62 bits per heavy atom. The van der Waals surface area contributed by atoms with Gasteiger partial charge in [0.1, 0.15) is 5.82 Å². The summed E-state index contributed by atoms with van der Waals surface area (Å²) in [6.07, 6.45) is 0. The highest BCUT2D eigenvalue weighted by atomic mass is 16.5. The molecule has 0 fully saturated rings. The van der Waals surface area contributed by atoms with Crippen LogP contribution in [0.5, 0.6) is 17.2 Å². The Kier molecular flexibility index (Phi) is 3.08. The zero-order valence-electron chi connectivity index (χ0n) is 12.7. The number of pyridine rings is 1. The van der Waals surface area contributed by atoms with Gasteiger partial charge in [-0.05, 0) is 25.5 Å².